The zero-order valence-electron chi connectivity index (χ0n) is 13.2. The number of aliphatic hydroxyl groups is 1. The molecule has 0 bridgehead atoms. The first-order chi connectivity index (χ1) is 10.2. The SMILES string of the molecule is CCCn1c(CC2(O)CCCC2CC)nc2ccccc21. The van der Waals surface area contributed by atoms with E-state index in [1.807, 2.05) is 6.07 Å². The highest BCUT2D eigenvalue weighted by atomic mass is 16.3. The largest absolute Gasteiger partial charge is 0.389 e. The lowest BCUT2D eigenvalue weighted by Crippen LogP contribution is -2.36. The zero-order valence-corrected chi connectivity index (χ0v) is 13.2. The highest BCUT2D eigenvalue weighted by Gasteiger charge is 2.41. The second-order valence-corrected chi connectivity index (χ2v) is 6.45. The molecular formula is C18H26N2O. The summed E-state index contributed by atoms with van der Waals surface area (Å²) in [6.45, 7) is 5.36. The molecular weight excluding hydrogens is 260 g/mol. The summed E-state index contributed by atoms with van der Waals surface area (Å²) in [5, 5.41) is 11.1. The molecule has 2 unspecified atom stereocenters. The van der Waals surface area contributed by atoms with Crippen LogP contribution in [0.2, 0.25) is 0 Å². The maximum atomic E-state index is 11.1. The van der Waals surface area contributed by atoms with Crippen molar-refractivity contribution >= 4 is 11.0 Å². The molecule has 3 heteroatoms. The first kappa shape index (κ1) is 14.6. The van der Waals surface area contributed by atoms with Crippen LogP contribution in [0.4, 0.5) is 0 Å². The highest BCUT2D eigenvalue weighted by Crippen LogP contribution is 2.40. The molecule has 2 aromatic rings. The van der Waals surface area contributed by atoms with E-state index >= 15 is 0 Å². The predicted molar refractivity (Wildman–Crippen MR) is 86.3 cm³/mol. The van der Waals surface area contributed by atoms with Crippen LogP contribution in [-0.4, -0.2) is 20.3 Å². The van der Waals surface area contributed by atoms with Crippen LogP contribution in [0.5, 0.6) is 0 Å². The van der Waals surface area contributed by atoms with Crippen molar-refractivity contribution in [3.8, 4) is 0 Å². The van der Waals surface area contributed by atoms with Crippen molar-refractivity contribution in [2.45, 2.75) is 64.5 Å². The number of aryl methyl sites for hydroxylation is 1. The number of imidazole rings is 1. The Morgan fingerprint density at radius 3 is 2.90 bits per heavy atom. The summed E-state index contributed by atoms with van der Waals surface area (Å²) in [5.41, 5.74) is 1.70. The number of para-hydroxylation sites is 2. The van der Waals surface area contributed by atoms with E-state index in [0.717, 1.165) is 50.0 Å². The van der Waals surface area contributed by atoms with Crippen molar-refractivity contribution < 1.29 is 5.11 Å². The fraction of sp³-hybridized carbons (Fsp3) is 0.611. The number of hydrogen-bond donors (Lipinski definition) is 1. The molecule has 0 saturated heterocycles. The van der Waals surface area contributed by atoms with Gasteiger partial charge in [0.15, 0.2) is 0 Å². The maximum absolute atomic E-state index is 11.1. The Morgan fingerprint density at radius 2 is 2.14 bits per heavy atom. The summed E-state index contributed by atoms with van der Waals surface area (Å²) in [4.78, 5) is 4.81. The summed E-state index contributed by atoms with van der Waals surface area (Å²) >= 11 is 0. The van der Waals surface area contributed by atoms with Crippen molar-refractivity contribution in [3.05, 3.63) is 30.1 Å². The number of rotatable bonds is 5. The summed E-state index contributed by atoms with van der Waals surface area (Å²) < 4.78 is 2.30. The van der Waals surface area contributed by atoms with Gasteiger partial charge in [-0.3, -0.25) is 0 Å². The Labute approximate surface area is 127 Å². The highest BCUT2D eigenvalue weighted by molar-refractivity contribution is 5.75. The monoisotopic (exact) mass is 286 g/mol. The van der Waals surface area contributed by atoms with Crippen LogP contribution >= 0.6 is 0 Å². The topological polar surface area (TPSA) is 38.0 Å². The minimum absolute atomic E-state index is 0.424. The van der Waals surface area contributed by atoms with Gasteiger partial charge in [-0.1, -0.05) is 38.8 Å². The summed E-state index contributed by atoms with van der Waals surface area (Å²) in [6, 6.07) is 8.31. The second kappa shape index (κ2) is 5.80. The molecule has 1 aliphatic carbocycles. The molecule has 0 radical (unpaired) electrons. The van der Waals surface area contributed by atoms with Gasteiger partial charge >= 0.3 is 0 Å². The van der Waals surface area contributed by atoms with E-state index < -0.39 is 5.60 Å². The Hall–Kier alpha value is -1.35. The lowest BCUT2D eigenvalue weighted by Gasteiger charge is -2.29. The second-order valence-electron chi connectivity index (χ2n) is 6.45. The summed E-state index contributed by atoms with van der Waals surface area (Å²) in [5.74, 6) is 1.48. The van der Waals surface area contributed by atoms with Gasteiger partial charge in [-0.2, -0.15) is 0 Å². The van der Waals surface area contributed by atoms with Gasteiger partial charge in [0.25, 0.3) is 0 Å². The molecule has 1 aromatic carbocycles. The Balaban J connectivity index is 1.98. The number of aromatic nitrogens is 2. The molecule has 1 aromatic heterocycles. The minimum Gasteiger partial charge on any atom is -0.389 e. The van der Waals surface area contributed by atoms with E-state index in [9.17, 15) is 5.11 Å². The van der Waals surface area contributed by atoms with Gasteiger partial charge in [0.2, 0.25) is 0 Å². The zero-order chi connectivity index (χ0) is 14.9. The van der Waals surface area contributed by atoms with Crippen LogP contribution in [-0.2, 0) is 13.0 Å². The molecule has 1 fully saturated rings. The van der Waals surface area contributed by atoms with Crippen molar-refractivity contribution in [3.63, 3.8) is 0 Å². The molecule has 21 heavy (non-hydrogen) atoms. The molecule has 0 aliphatic heterocycles. The first-order valence-corrected chi connectivity index (χ1v) is 8.34. The Morgan fingerprint density at radius 1 is 1.33 bits per heavy atom. The lowest BCUT2D eigenvalue weighted by atomic mass is 9.85. The fourth-order valence-corrected chi connectivity index (χ4v) is 3.95. The van der Waals surface area contributed by atoms with Crippen LogP contribution in [0.15, 0.2) is 24.3 Å². The molecule has 114 valence electrons. The third-order valence-corrected chi connectivity index (χ3v) is 5.06. The molecule has 1 aliphatic rings. The van der Waals surface area contributed by atoms with Crippen molar-refractivity contribution in [1.29, 1.82) is 0 Å². The molecule has 0 amide bonds. The van der Waals surface area contributed by atoms with Gasteiger partial charge in [-0.25, -0.2) is 4.98 Å². The minimum atomic E-state index is -0.554. The van der Waals surface area contributed by atoms with E-state index in [1.54, 1.807) is 0 Å². The molecule has 1 saturated carbocycles. The van der Waals surface area contributed by atoms with Crippen molar-refractivity contribution in [2.24, 2.45) is 5.92 Å². The van der Waals surface area contributed by atoms with E-state index in [-0.39, 0.29) is 0 Å². The molecule has 3 nitrogen and oxygen atoms in total. The van der Waals surface area contributed by atoms with Crippen LogP contribution in [0, 0.1) is 5.92 Å². The normalized spacial score (nSPS) is 25.8. The van der Waals surface area contributed by atoms with E-state index in [1.165, 1.54) is 5.52 Å². The van der Waals surface area contributed by atoms with Crippen molar-refractivity contribution in [2.75, 3.05) is 0 Å². The Kier molecular flexibility index (Phi) is 4.03. The van der Waals surface area contributed by atoms with Gasteiger partial charge in [0.1, 0.15) is 5.82 Å². The van der Waals surface area contributed by atoms with E-state index in [2.05, 4.69) is 36.6 Å². The van der Waals surface area contributed by atoms with Crippen LogP contribution in [0.1, 0.15) is 51.8 Å². The van der Waals surface area contributed by atoms with Crippen LogP contribution in [0.3, 0.4) is 0 Å². The third kappa shape index (κ3) is 2.59. The molecule has 1 heterocycles. The average molecular weight is 286 g/mol. The summed E-state index contributed by atoms with van der Waals surface area (Å²) in [7, 11) is 0. The third-order valence-electron chi connectivity index (χ3n) is 5.06. The summed E-state index contributed by atoms with van der Waals surface area (Å²) in [6.07, 6.45) is 6.05. The van der Waals surface area contributed by atoms with E-state index in [0.29, 0.717) is 12.3 Å². The van der Waals surface area contributed by atoms with Crippen LogP contribution < -0.4 is 0 Å². The quantitative estimate of drug-likeness (QED) is 0.904. The smallest absolute Gasteiger partial charge is 0.112 e. The van der Waals surface area contributed by atoms with Gasteiger partial charge in [-0.15, -0.1) is 0 Å². The van der Waals surface area contributed by atoms with Gasteiger partial charge in [-0.05, 0) is 37.3 Å². The average Bonchev–Trinajstić information content (AvgIpc) is 3.01. The standard InChI is InChI=1S/C18H26N2O/c1-3-12-20-16-10-6-5-9-15(16)19-17(20)13-18(21)11-7-8-14(18)4-2/h5-6,9-10,14,21H,3-4,7-8,11-13H2,1-2H3. The molecule has 1 N–H and O–H groups in total. The molecule has 2 atom stereocenters. The maximum Gasteiger partial charge on any atom is 0.112 e. The predicted octanol–water partition coefficient (Wildman–Crippen LogP) is 3.93. The number of hydrogen-bond acceptors (Lipinski definition) is 2. The number of nitrogens with zero attached hydrogens (tertiary/aromatic N) is 2. The van der Waals surface area contributed by atoms with Gasteiger partial charge in [0.05, 0.1) is 16.6 Å². The van der Waals surface area contributed by atoms with Crippen LogP contribution in [0.25, 0.3) is 11.0 Å². The van der Waals surface area contributed by atoms with Gasteiger partial charge in [0, 0.05) is 13.0 Å². The first-order valence-electron chi connectivity index (χ1n) is 8.34. The Bertz CT molecular complexity index is 619. The fourth-order valence-electron chi connectivity index (χ4n) is 3.95. The van der Waals surface area contributed by atoms with Gasteiger partial charge < -0.3 is 9.67 Å². The molecule has 0 spiro atoms. The molecule has 3 rings (SSSR count). The number of benzene rings is 1. The lowest BCUT2D eigenvalue weighted by molar-refractivity contribution is -0.000872. The number of fused-ring (bicyclic) bond motifs is 1. The van der Waals surface area contributed by atoms with E-state index in [4.69, 9.17) is 4.98 Å². The van der Waals surface area contributed by atoms with Crippen molar-refractivity contribution in [1.82, 2.24) is 9.55 Å².